The molecule has 5 aliphatic rings. The van der Waals surface area contributed by atoms with Crippen molar-refractivity contribution in [1.82, 2.24) is 0 Å². The lowest BCUT2D eigenvalue weighted by molar-refractivity contribution is -0.140. The maximum atomic E-state index is 14.8. The average molecular weight is 1630 g/mol. The molecule has 0 heterocycles. The largest absolute Gasteiger partial charge is 0.466 e. The van der Waals surface area contributed by atoms with E-state index in [1.54, 1.807) is 0 Å². The van der Waals surface area contributed by atoms with E-state index < -0.39 is 23.8 Å². The van der Waals surface area contributed by atoms with Crippen LogP contribution in [0.3, 0.4) is 0 Å². The molecule has 0 aromatic heterocycles. The molecule has 5 aliphatic carbocycles. The summed E-state index contributed by atoms with van der Waals surface area (Å²) in [5.41, 5.74) is 22.3. The molecule has 0 atom stereocenters. The number of alkyl halides is 12. The van der Waals surface area contributed by atoms with Crippen LogP contribution in [0.5, 0.6) is 0 Å². The van der Waals surface area contributed by atoms with Gasteiger partial charge in [0.25, 0.3) is 0 Å². The first kappa shape index (κ1) is 47.9. The predicted molar refractivity (Wildman–Crippen MR) is 304 cm³/mol. The number of rotatable bonds is 10. The Labute approximate surface area is 470 Å². The highest BCUT2D eigenvalue weighted by Crippen LogP contribution is 2.69. The fraction of sp³-hybridized carbons (Fsp3) is 0.250. The zero-order valence-corrected chi connectivity index (χ0v) is 52.1. The molecular formula is C48H28Br12O4. The van der Waals surface area contributed by atoms with Crippen molar-refractivity contribution in [3.8, 4) is 44.5 Å². The third-order valence-electron chi connectivity index (χ3n) is 13.4. The highest BCUT2D eigenvalue weighted by atomic mass is 79.9. The molecule has 328 valence electrons. The van der Waals surface area contributed by atoms with Gasteiger partial charge in [-0.2, -0.15) is 0 Å². The summed E-state index contributed by atoms with van der Waals surface area (Å²) >= 11 is 47.6. The van der Waals surface area contributed by atoms with E-state index in [-0.39, 0.29) is 14.9 Å². The SMILES string of the molecule is COC(=O)C1=C(C(=O)OC)C2c3c(CBr)c4c(c(CBr)c3C1c1c(CBr)c3c(c(CBr)c12)-c1c(C(Br)Br)ccc2ccc(C(Br)Br)c-3c12)-c1c(C(Br)Br)ccc2ccc(C(Br)Br)c-4c12. The number of methoxy groups -OCH3 is 2. The van der Waals surface area contributed by atoms with E-state index in [0.29, 0.717) is 32.5 Å². The molecule has 6 aromatic rings. The Balaban J connectivity index is 1.47. The summed E-state index contributed by atoms with van der Waals surface area (Å²) in [4.78, 5) is 29.6. The van der Waals surface area contributed by atoms with Crippen molar-refractivity contribution in [3.05, 3.63) is 126 Å². The highest BCUT2D eigenvalue weighted by Gasteiger charge is 2.55. The van der Waals surface area contributed by atoms with Crippen LogP contribution in [0.25, 0.3) is 66.1 Å². The van der Waals surface area contributed by atoms with E-state index in [4.69, 9.17) is 9.47 Å². The fourth-order valence-corrected chi connectivity index (χ4v) is 16.7. The monoisotopic (exact) mass is 1620 g/mol. The number of esters is 2. The standard InChI is InChI=1S/C48H28Br12O4/c1-63-47(61)41-39-35-21(11-49)31-27-17(43(53)54)7-3-15-5-9-19(45(57)58)29(25(15)27)33(31)23(13-51)37(35)40(42(41)48(62)64-2)38-24(14-52)34-30-20(46(59)60)10-6-16-4-8-18(44(55)56)28(26(16)30)32(34)22(12-50)36(38)39/h3-10,39-40,43-46H,11-14H2,1-2H3. The number of fused-ring (bicyclic) bond motifs is 6. The van der Waals surface area contributed by atoms with Crippen LogP contribution < -0.4 is 0 Å². The molecule has 0 fully saturated rings. The molecule has 0 amide bonds. The summed E-state index contributed by atoms with van der Waals surface area (Å²) in [6, 6.07) is 17.5. The summed E-state index contributed by atoms with van der Waals surface area (Å²) < 4.78 is 10.9. The van der Waals surface area contributed by atoms with Crippen molar-refractivity contribution in [2.45, 2.75) is 48.1 Å². The highest BCUT2D eigenvalue weighted by molar-refractivity contribution is 9.25. The number of carbonyl (C=O) groups is 2. The Bertz CT molecular complexity index is 2770. The third-order valence-corrected chi connectivity index (χ3v) is 19.6. The molecule has 6 aromatic carbocycles. The molecule has 0 radical (unpaired) electrons. The van der Waals surface area contributed by atoms with Gasteiger partial charge < -0.3 is 9.47 Å². The quantitative estimate of drug-likeness (QED) is 0.101. The first-order valence-corrected chi connectivity index (χ1v) is 31.5. The van der Waals surface area contributed by atoms with Crippen LogP contribution in [-0.4, -0.2) is 26.2 Å². The van der Waals surface area contributed by atoms with Gasteiger partial charge in [0.05, 0.1) is 40.3 Å². The topological polar surface area (TPSA) is 52.6 Å². The molecule has 0 saturated carbocycles. The van der Waals surface area contributed by atoms with E-state index in [1.807, 2.05) is 0 Å². The molecule has 64 heavy (non-hydrogen) atoms. The van der Waals surface area contributed by atoms with Crippen LogP contribution in [0.4, 0.5) is 0 Å². The minimum atomic E-state index is -0.702. The lowest BCUT2D eigenvalue weighted by Crippen LogP contribution is -2.38. The maximum absolute atomic E-state index is 14.8. The van der Waals surface area contributed by atoms with Crippen molar-refractivity contribution < 1.29 is 19.1 Å². The second-order valence-corrected chi connectivity index (χ2v) is 30.3. The van der Waals surface area contributed by atoms with Crippen LogP contribution in [0.1, 0.15) is 93.5 Å². The third kappa shape index (κ3) is 6.60. The van der Waals surface area contributed by atoms with E-state index in [0.717, 1.165) is 133 Å². The molecule has 0 unspecified atom stereocenters. The summed E-state index contributed by atoms with van der Waals surface area (Å²) in [7, 11) is 2.79. The van der Waals surface area contributed by atoms with Gasteiger partial charge in [0, 0.05) is 33.2 Å². The number of carbonyl (C=O) groups excluding carboxylic acids is 2. The van der Waals surface area contributed by atoms with Gasteiger partial charge >= 0.3 is 11.9 Å². The lowest BCUT2D eigenvalue weighted by atomic mass is 9.56. The molecule has 4 nitrogen and oxygen atoms in total. The van der Waals surface area contributed by atoms with Crippen molar-refractivity contribution in [3.63, 3.8) is 0 Å². The van der Waals surface area contributed by atoms with Crippen molar-refractivity contribution in [2.24, 2.45) is 0 Å². The van der Waals surface area contributed by atoms with Crippen LogP contribution in [0, 0.1) is 0 Å². The Morgan fingerprint density at radius 3 is 0.844 bits per heavy atom. The van der Waals surface area contributed by atoms with Crippen LogP contribution in [-0.2, 0) is 40.4 Å². The Morgan fingerprint density at radius 2 is 0.656 bits per heavy atom. The van der Waals surface area contributed by atoms with Gasteiger partial charge in [-0.1, -0.05) is 240 Å². The molecule has 0 N–H and O–H groups in total. The number of halogens is 12. The molecule has 0 aliphatic heterocycles. The number of hydrogen-bond donors (Lipinski definition) is 0. The summed E-state index contributed by atoms with van der Waals surface area (Å²) in [5.74, 6) is -2.51. The van der Waals surface area contributed by atoms with Gasteiger partial charge in [0.2, 0.25) is 0 Å². The zero-order chi connectivity index (χ0) is 45.5. The van der Waals surface area contributed by atoms with E-state index in [1.165, 1.54) is 14.2 Å². The van der Waals surface area contributed by atoms with Crippen molar-refractivity contribution in [2.75, 3.05) is 14.2 Å². The van der Waals surface area contributed by atoms with Gasteiger partial charge in [-0.05, 0) is 133 Å². The fourth-order valence-electron chi connectivity index (χ4n) is 11.3. The van der Waals surface area contributed by atoms with Gasteiger partial charge in [-0.25, -0.2) is 9.59 Å². The minimum Gasteiger partial charge on any atom is -0.466 e. The normalized spacial score (nSPS) is 16.2. The number of benzene rings is 6. The van der Waals surface area contributed by atoms with E-state index >= 15 is 0 Å². The van der Waals surface area contributed by atoms with E-state index in [9.17, 15) is 9.59 Å². The molecule has 0 spiro atoms. The first-order valence-electron chi connectivity index (χ1n) is 19.6. The lowest BCUT2D eigenvalue weighted by Gasteiger charge is -2.47. The second-order valence-electron chi connectivity index (χ2n) is 15.8. The molecule has 2 bridgehead atoms. The van der Waals surface area contributed by atoms with Gasteiger partial charge in [0.1, 0.15) is 0 Å². The van der Waals surface area contributed by atoms with E-state index in [2.05, 4.69) is 240 Å². The average Bonchev–Trinajstić information content (AvgIpc) is 3.82. The van der Waals surface area contributed by atoms with Crippen molar-refractivity contribution >= 4 is 225 Å². The Kier molecular flexibility index (Phi) is 13.6. The first-order chi connectivity index (χ1) is 30.7. The van der Waals surface area contributed by atoms with Crippen LogP contribution >= 0.6 is 191 Å². The Hall–Kier alpha value is 0.280. The zero-order valence-electron chi connectivity index (χ0n) is 33.1. The Morgan fingerprint density at radius 1 is 0.422 bits per heavy atom. The van der Waals surface area contributed by atoms with Crippen LogP contribution in [0.2, 0.25) is 0 Å². The second kappa shape index (κ2) is 18.2. The number of hydrogen-bond acceptors (Lipinski definition) is 4. The van der Waals surface area contributed by atoms with Gasteiger partial charge in [-0.15, -0.1) is 0 Å². The minimum absolute atomic E-state index is 0.148. The maximum Gasteiger partial charge on any atom is 0.335 e. The van der Waals surface area contributed by atoms with Crippen LogP contribution in [0.15, 0.2) is 59.7 Å². The molecular weight excluding hydrogens is 1600 g/mol. The van der Waals surface area contributed by atoms with Gasteiger partial charge in [-0.3, -0.25) is 0 Å². The molecule has 16 heteroatoms. The summed E-state index contributed by atoms with van der Waals surface area (Å²) in [6.07, 6.45) is 0. The smallest absolute Gasteiger partial charge is 0.335 e. The molecule has 11 rings (SSSR count). The van der Waals surface area contributed by atoms with Gasteiger partial charge in [0.15, 0.2) is 0 Å². The summed E-state index contributed by atoms with van der Waals surface area (Å²) in [5, 5.41) is 6.48. The summed E-state index contributed by atoms with van der Waals surface area (Å²) in [6.45, 7) is 0. The number of ether oxygens (including phenoxy) is 2. The predicted octanol–water partition coefficient (Wildman–Crippen LogP) is 19.3. The van der Waals surface area contributed by atoms with Crippen molar-refractivity contribution in [1.29, 1.82) is 0 Å². The molecule has 0 saturated heterocycles.